The maximum absolute atomic E-state index is 12.4. The molecular weight excluding hydrogens is 350 g/mol. The van der Waals surface area contributed by atoms with Gasteiger partial charge in [0.1, 0.15) is 10.8 Å². The summed E-state index contributed by atoms with van der Waals surface area (Å²) in [5.41, 5.74) is 6.75. The number of fused-ring (bicyclic) bond motifs is 1. The van der Waals surface area contributed by atoms with Gasteiger partial charge in [-0.25, -0.2) is 14.1 Å². The third-order valence-electron chi connectivity index (χ3n) is 4.03. The van der Waals surface area contributed by atoms with Gasteiger partial charge in [-0.2, -0.15) is 5.10 Å². The van der Waals surface area contributed by atoms with Gasteiger partial charge in [0.15, 0.2) is 4.96 Å². The van der Waals surface area contributed by atoms with E-state index in [2.05, 4.69) is 10.1 Å². The quantitative estimate of drug-likeness (QED) is 0.766. The molecule has 0 aromatic carbocycles. The molecule has 0 bridgehead atoms. The van der Waals surface area contributed by atoms with Crippen LogP contribution in [0.3, 0.4) is 0 Å². The van der Waals surface area contributed by atoms with Gasteiger partial charge < -0.3 is 5.73 Å². The minimum absolute atomic E-state index is 0.187. The highest BCUT2D eigenvalue weighted by Gasteiger charge is 2.27. The smallest absolute Gasteiger partial charge is 0.266 e. The fourth-order valence-electron chi connectivity index (χ4n) is 2.74. The van der Waals surface area contributed by atoms with Crippen LogP contribution in [0.4, 0.5) is 0 Å². The van der Waals surface area contributed by atoms with Crippen molar-refractivity contribution in [3.8, 4) is 0 Å². The van der Waals surface area contributed by atoms with Crippen LogP contribution in [0.5, 0.6) is 0 Å². The van der Waals surface area contributed by atoms with Crippen molar-refractivity contribution in [2.45, 2.75) is 32.2 Å². The summed E-state index contributed by atoms with van der Waals surface area (Å²) in [5, 5.41) is 5.02. The summed E-state index contributed by atoms with van der Waals surface area (Å²) in [4.78, 5) is 29.5. The molecule has 1 fully saturated rings. The van der Waals surface area contributed by atoms with Gasteiger partial charge in [0.2, 0.25) is 0 Å². The molecule has 2 N–H and O–H groups in total. The number of aromatic nitrogens is 4. The molecule has 124 valence electrons. The van der Waals surface area contributed by atoms with Gasteiger partial charge in [-0.15, -0.1) is 11.3 Å². The average molecular weight is 364 g/mol. The largest absolute Gasteiger partial charge is 0.364 e. The molecule has 0 spiro atoms. The van der Waals surface area contributed by atoms with Gasteiger partial charge >= 0.3 is 0 Å². The number of nitrogens with zero attached hydrogens (tertiary/aromatic N) is 4. The highest BCUT2D eigenvalue weighted by Crippen LogP contribution is 2.40. The second-order valence-electron chi connectivity index (χ2n) is 5.90. The molecule has 7 nitrogen and oxygen atoms in total. The number of amides is 1. The molecule has 0 radical (unpaired) electrons. The van der Waals surface area contributed by atoms with Crippen LogP contribution in [0.2, 0.25) is 5.15 Å². The highest BCUT2D eigenvalue weighted by atomic mass is 35.5. The molecule has 1 aliphatic carbocycles. The van der Waals surface area contributed by atoms with Crippen LogP contribution in [0.15, 0.2) is 16.9 Å². The Morgan fingerprint density at radius 1 is 1.46 bits per heavy atom. The highest BCUT2D eigenvalue weighted by molar-refractivity contribution is 7.17. The Morgan fingerprint density at radius 2 is 2.21 bits per heavy atom. The Kier molecular flexibility index (Phi) is 3.47. The topological polar surface area (TPSA) is 95.3 Å². The zero-order valence-corrected chi connectivity index (χ0v) is 14.4. The molecule has 0 atom stereocenters. The van der Waals surface area contributed by atoms with E-state index in [0.717, 1.165) is 18.5 Å². The molecule has 1 saturated carbocycles. The molecule has 0 saturated heterocycles. The molecule has 3 heterocycles. The number of rotatable bonds is 4. The van der Waals surface area contributed by atoms with Gasteiger partial charge in [0.25, 0.3) is 11.5 Å². The standard InChI is InChI=1S/C15H14ClN5O2S/c1-7-13(14(17)23)21-12(22)4-9(18-15(21)24-7)6-20-11(16)5-10(19-20)8-2-3-8/h4-5,8H,2-3,6H2,1H3,(H2,17,23). The number of aryl methyl sites for hydroxylation is 1. The molecule has 3 aromatic rings. The van der Waals surface area contributed by atoms with Crippen LogP contribution in [0.25, 0.3) is 4.96 Å². The normalized spacial score (nSPS) is 14.4. The number of carbonyl (C=O) groups is 1. The Bertz CT molecular complexity index is 1030. The maximum atomic E-state index is 12.4. The van der Waals surface area contributed by atoms with Crippen molar-refractivity contribution in [3.63, 3.8) is 0 Å². The number of thiazole rings is 1. The van der Waals surface area contributed by atoms with E-state index in [0.29, 0.717) is 33.1 Å². The fourth-order valence-corrected chi connectivity index (χ4v) is 3.95. The minimum atomic E-state index is -0.639. The third-order valence-corrected chi connectivity index (χ3v) is 5.29. The molecule has 9 heteroatoms. The molecule has 1 amide bonds. The van der Waals surface area contributed by atoms with Crippen molar-refractivity contribution in [1.29, 1.82) is 0 Å². The molecule has 0 aliphatic heterocycles. The lowest BCUT2D eigenvalue weighted by Crippen LogP contribution is -2.23. The predicted molar refractivity (Wildman–Crippen MR) is 90.9 cm³/mol. The van der Waals surface area contributed by atoms with E-state index in [-0.39, 0.29) is 11.3 Å². The number of hydrogen-bond donors (Lipinski definition) is 1. The number of primary amides is 1. The van der Waals surface area contributed by atoms with Crippen molar-refractivity contribution in [2.75, 3.05) is 0 Å². The zero-order valence-electron chi connectivity index (χ0n) is 12.8. The van der Waals surface area contributed by atoms with E-state index < -0.39 is 5.91 Å². The van der Waals surface area contributed by atoms with E-state index >= 15 is 0 Å². The van der Waals surface area contributed by atoms with Crippen molar-refractivity contribution >= 4 is 33.8 Å². The first kappa shape index (κ1) is 15.3. The van der Waals surface area contributed by atoms with Gasteiger partial charge in [-0.1, -0.05) is 11.6 Å². The fraction of sp³-hybridized carbons (Fsp3) is 0.333. The van der Waals surface area contributed by atoms with E-state index in [9.17, 15) is 9.59 Å². The molecule has 0 unspecified atom stereocenters. The number of hydrogen-bond acceptors (Lipinski definition) is 5. The van der Waals surface area contributed by atoms with Gasteiger partial charge in [0, 0.05) is 16.9 Å². The minimum Gasteiger partial charge on any atom is -0.364 e. The molecular formula is C15H14ClN5O2S. The van der Waals surface area contributed by atoms with Crippen LogP contribution in [0.1, 0.15) is 45.5 Å². The Hall–Kier alpha value is -2.19. The second-order valence-corrected chi connectivity index (χ2v) is 7.47. The second kappa shape index (κ2) is 5.42. The average Bonchev–Trinajstić information content (AvgIpc) is 3.20. The first-order chi connectivity index (χ1) is 11.4. The first-order valence-electron chi connectivity index (χ1n) is 7.49. The monoisotopic (exact) mass is 363 g/mol. The molecule has 3 aromatic heterocycles. The lowest BCUT2D eigenvalue weighted by atomic mass is 10.3. The van der Waals surface area contributed by atoms with Crippen molar-refractivity contribution < 1.29 is 4.79 Å². The Balaban J connectivity index is 1.75. The SMILES string of the molecule is Cc1sc2nc(Cn3nc(C4CC4)cc3Cl)cc(=O)n2c1C(N)=O. The van der Waals surface area contributed by atoms with Gasteiger partial charge in [0.05, 0.1) is 17.9 Å². The summed E-state index contributed by atoms with van der Waals surface area (Å²) in [5.74, 6) is -0.137. The summed E-state index contributed by atoms with van der Waals surface area (Å²) in [7, 11) is 0. The Labute approximate surface area is 145 Å². The lowest BCUT2D eigenvalue weighted by molar-refractivity contribution is 0.0994. The number of halogens is 1. The molecule has 4 rings (SSSR count). The van der Waals surface area contributed by atoms with Gasteiger partial charge in [-0.3, -0.25) is 9.59 Å². The van der Waals surface area contributed by atoms with Crippen LogP contribution >= 0.6 is 22.9 Å². The summed E-state index contributed by atoms with van der Waals surface area (Å²) < 4.78 is 2.90. The summed E-state index contributed by atoms with van der Waals surface area (Å²) in [6, 6.07) is 3.26. The Morgan fingerprint density at radius 3 is 2.88 bits per heavy atom. The van der Waals surface area contributed by atoms with Crippen molar-refractivity contribution in [2.24, 2.45) is 5.73 Å². The predicted octanol–water partition coefficient (Wildman–Crippen LogP) is 1.94. The van der Waals surface area contributed by atoms with E-state index in [1.165, 1.54) is 21.8 Å². The zero-order chi connectivity index (χ0) is 17.0. The summed E-state index contributed by atoms with van der Waals surface area (Å²) >= 11 is 7.49. The van der Waals surface area contributed by atoms with Crippen LogP contribution in [-0.2, 0) is 6.54 Å². The third kappa shape index (κ3) is 2.51. The number of nitrogens with two attached hydrogens (primary N) is 1. The van der Waals surface area contributed by atoms with E-state index in [4.69, 9.17) is 17.3 Å². The van der Waals surface area contributed by atoms with Crippen LogP contribution in [0, 0.1) is 6.92 Å². The van der Waals surface area contributed by atoms with Crippen LogP contribution < -0.4 is 11.3 Å². The van der Waals surface area contributed by atoms with Crippen molar-refractivity contribution in [1.82, 2.24) is 19.2 Å². The van der Waals surface area contributed by atoms with E-state index in [1.54, 1.807) is 11.6 Å². The van der Waals surface area contributed by atoms with Crippen molar-refractivity contribution in [3.05, 3.63) is 49.6 Å². The van der Waals surface area contributed by atoms with Gasteiger partial charge in [-0.05, 0) is 25.8 Å². The first-order valence-corrected chi connectivity index (χ1v) is 8.68. The summed E-state index contributed by atoms with van der Waals surface area (Å²) in [6.07, 6.45) is 2.28. The van der Waals surface area contributed by atoms with E-state index in [1.807, 2.05) is 6.07 Å². The maximum Gasteiger partial charge on any atom is 0.266 e. The van der Waals surface area contributed by atoms with Crippen LogP contribution in [-0.4, -0.2) is 25.1 Å². The molecule has 24 heavy (non-hydrogen) atoms. The summed E-state index contributed by atoms with van der Waals surface area (Å²) in [6.45, 7) is 2.05. The number of carbonyl (C=O) groups excluding carboxylic acids is 1. The lowest BCUT2D eigenvalue weighted by Gasteiger charge is -2.04. The molecule has 1 aliphatic rings.